The Kier molecular flexibility index (Phi) is 3.42. The van der Waals surface area contributed by atoms with Crippen LogP contribution in [0.1, 0.15) is 23.9 Å². The lowest BCUT2D eigenvalue weighted by atomic mass is 10.1. The van der Waals surface area contributed by atoms with Crippen LogP contribution in [-0.2, 0) is 13.0 Å². The highest BCUT2D eigenvalue weighted by atomic mass is 16.3. The van der Waals surface area contributed by atoms with Crippen molar-refractivity contribution in [1.82, 2.24) is 4.98 Å². The molecule has 0 spiro atoms. The molecule has 3 aromatic rings. The van der Waals surface area contributed by atoms with Gasteiger partial charge in [0, 0.05) is 29.6 Å². The highest BCUT2D eigenvalue weighted by Crippen LogP contribution is 2.27. The fraction of sp³-hybridized carbons (Fsp3) is 0.235. The van der Waals surface area contributed by atoms with Gasteiger partial charge in [-0.3, -0.25) is 4.98 Å². The van der Waals surface area contributed by atoms with E-state index in [0.717, 1.165) is 35.7 Å². The van der Waals surface area contributed by atoms with Crippen LogP contribution < -0.4 is 5.32 Å². The summed E-state index contributed by atoms with van der Waals surface area (Å²) in [4.78, 5) is 4.30. The van der Waals surface area contributed by atoms with Gasteiger partial charge in [-0.15, -0.1) is 0 Å². The van der Waals surface area contributed by atoms with Crippen molar-refractivity contribution in [2.45, 2.75) is 26.8 Å². The van der Waals surface area contributed by atoms with Crippen LogP contribution in [0.5, 0.6) is 0 Å². The van der Waals surface area contributed by atoms with Crippen LogP contribution in [0.15, 0.2) is 47.0 Å². The number of furan rings is 1. The molecule has 0 aliphatic rings. The topological polar surface area (TPSA) is 38.1 Å². The van der Waals surface area contributed by atoms with Crippen LogP contribution in [0.2, 0.25) is 0 Å². The molecular formula is C17H18N2O. The molecule has 0 radical (unpaired) electrons. The van der Waals surface area contributed by atoms with Gasteiger partial charge in [0.15, 0.2) is 0 Å². The molecule has 102 valence electrons. The van der Waals surface area contributed by atoms with E-state index < -0.39 is 0 Å². The minimum absolute atomic E-state index is 0.755. The van der Waals surface area contributed by atoms with Gasteiger partial charge in [-0.05, 0) is 25.1 Å². The summed E-state index contributed by atoms with van der Waals surface area (Å²) < 4.78 is 5.90. The van der Waals surface area contributed by atoms with Crippen LogP contribution in [0.4, 0.5) is 5.69 Å². The number of nitrogens with zero attached hydrogens (tertiary/aromatic N) is 1. The van der Waals surface area contributed by atoms with Crippen molar-refractivity contribution in [1.29, 1.82) is 0 Å². The Morgan fingerprint density at radius 1 is 1.15 bits per heavy atom. The van der Waals surface area contributed by atoms with Gasteiger partial charge in [0.05, 0.1) is 11.9 Å². The zero-order valence-electron chi connectivity index (χ0n) is 11.8. The third-order valence-corrected chi connectivity index (χ3v) is 3.48. The number of aromatic nitrogens is 1. The fourth-order valence-electron chi connectivity index (χ4n) is 2.39. The Labute approximate surface area is 118 Å². The Bertz CT molecular complexity index is 713. The van der Waals surface area contributed by atoms with Gasteiger partial charge in [0.25, 0.3) is 0 Å². The van der Waals surface area contributed by atoms with Gasteiger partial charge < -0.3 is 9.73 Å². The van der Waals surface area contributed by atoms with Crippen LogP contribution in [0, 0.1) is 6.92 Å². The predicted molar refractivity (Wildman–Crippen MR) is 81.9 cm³/mol. The molecule has 0 aliphatic heterocycles. The van der Waals surface area contributed by atoms with Crippen molar-refractivity contribution < 1.29 is 4.42 Å². The summed E-state index contributed by atoms with van der Waals surface area (Å²) in [6, 6.07) is 12.3. The standard InChI is InChI=1S/C17H18N2O/c1-3-16-15(14-6-4-5-7-17(14)20-16)11-19-13-9-8-12(2)18-10-13/h4-10,19H,3,11H2,1-2H3. The first kappa shape index (κ1) is 12.7. The molecule has 0 bridgehead atoms. The van der Waals surface area contributed by atoms with Crippen molar-refractivity contribution in [3.05, 3.63) is 59.6 Å². The van der Waals surface area contributed by atoms with Crippen molar-refractivity contribution in [2.24, 2.45) is 0 Å². The monoisotopic (exact) mass is 266 g/mol. The number of hydrogen-bond donors (Lipinski definition) is 1. The highest BCUT2D eigenvalue weighted by molar-refractivity contribution is 5.82. The molecule has 0 saturated carbocycles. The lowest BCUT2D eigenvalue weighted by Crippen LogP contribution is -2.01. The van der Waals surface area contributed by atoms with Gasteiger partial charge in [0.1, 0.15) is 11.3 Å². The summed E-state index contributed by atoms with van der Waals surface area (Å²) in [7, 11) is 0. The summed E-state index contributed by atoms with van der Waals surface area (Å²) in [5, 5.41) is 4.61. The second-order valence-corrected chi connectivity index (χ2v) is 4.90. The summed E-state index contributed by atoms with van der Waals surface area (Å²) in [5.74, 6) is 1.05. The van der Waals surface area contributed by atoms with Gasteiger partial charge in [0.2, 0.25) is 0 Å². The number of rotatable bonds is 4. The molecule has 20 heavy (non-hydrogen) atoms. The Morgan fingerprint density at radius 2 is 2.00 bits per heavy atom. The van der Waals surface area contributed by atoms with Crippen molar-refractivity contribution in [3.8, 4) is 0 Å². The number of pyridine rings is 1. The van der Waals surface area contributed by atoms with E-state index in [1.807, 2.05) is 37.4 Å². The molecule has 1 N–H and O–H groups in total. The maximum Gasteiger partial charge on any atom is 0.134 e. The van der Waals surface area contributed by atoms with Crippen LogP contribution in [0.3, 0.4) is 0 Å². The first-order valence-corrected chi connectivity index (χ1v) is 6.93. The molecule has 0 atom stereocenters. The molecule has 0 amide bonds. The normalized spacial score (nSPS) is 10.9. The van der Waals surface area contributed by atoms with E-state index >= 15 is 0 Å². The quantitative estimate of drug-likeness (QED) is 0.764. The minimum atomic E-state index is 0.755. The summed E-state index contributed by atoms with van der Waals surface area (Å²) >= 11 is 0. The Morgan fingerprint density at radius 3 is 2.75 bits per heavy atom. The van der Waals surface area contributed by atoms with E-state index in [0.29, 0.717) is 0 Å². The van der Waals surface area contributed by atoms with Crippen molar-refractivity contribution >= 4 is 16.7 Å². The largest absolute Gasteiger partial charge is 0.461 e. The number of aryl methyl sites for hydroxylation is 2. The number of para-hydroxylation sites is 1. The number of anilines is 1. The Balaban J connectivity index is 1.88. The smallest absolute Gasteiger partial charge is 0.134 e. The fourth-order valence-corrected chi connectivity index (χ4v) is 2.39. The van der Waals surface area contributed by atoms with Crippen LogP contribution in [0.25, 0.3) is 11.0 Å². The lowest BCUT2D eigenvalue weighted by Gasteiger charge is -2.06. The van der Waals surface area contributed by atoms with E-state index in [1.54, 1.807) is 0 Å². The second kappa shape index (κ2) is 5.37. The molecule has 3 heteroatoms. The molecule has 3 rings (SSSR count). The average molecular weight is 266 g/mol. The molecule has 2 heterocycles. The zero-order chi connectivity index (χ0) is 13.9. The summed E-state index contributed by atoms with van der Waals surface area (Å²) in [6.07, 6.45) is 2.76. The number of benzene rings is 1. The first-order valence-electron chi connectivity index (χ1n) is 6.93. The second-order valence-electron chi connectivity index (χ2n) is 4.90. The predicted octanol–water partition coefficient (Wildman–Crippen LogP) is 4.31. The number of hydrogen-bond acceptors (Lipinski definition) is 3. The van der Waals surface area contributed by atoms with E-state index in [2.05, 4.69) is 29.4 Å². The van der Waals surface area contributed by atoms with Crippen LogP contribution in [-0.4, -0.2) is 4.98 Å². The molecule has 0 fully saturated rings. The molecule has 0 saturated heterocycles. The Hall–Kier alpha value is -2.29. The first-order chi connectivity index (χ1) is 9.78. The average Bonchev–Trinajstić information content (AvgIpc) is 2.84. The number of nitrogens with one attached hydrogen (secondary N) is 1. The molecular weight excluding hydrogens is 248 g/mol. The maximum atomic E-state index is 5.90. The minimum Gasteiger partial charge on any atom is -0.461 e. The third kappa shape index (κ3) is 2.39. The van der Waals surface area contributed by atoms with E-state index in [4.69, 9.17) is 4.42 Å². The number of fused-ring (bicyclic) bond motifs is 1. The SMILES string of the molecule is CCc1oc2ccccc2c1CNc1ccc(C)nc1. The van der Waals surface area contributed by atoms with E-state index in [-0.39, 0.29) is 0 Å². The van der Waals surface area contributed by atoms with Crippen molar-refractivity contribution in [3.63, 3.8) is 0 Å². The van der Waals surface area contributed by atoms with Gasteiger partial charge in [-0.1, -0.05) is 25.1 Å². The molecule has 1 aromatic carbocycles. The summed E-state index contributed by atoms with van der Waals surface area (Å²) in [5.41, 5.74) is 4.26. The summed E-state index contributed by atoms with van der Waals surface area (Å²) in [6.45, 7) is 4.86. The zero-order valence-corrected chi connectivity index (χ0v) is 11.8. The third-order valence-electron chi connectivity index (χ3n) is 3.48. The van der Waals surface area contributed by atoms with E-state index in [1.165, 1.54) is 10.9 Å². The van der Waals surface area contributed by atoms with Crippen molar-refractivity contribution in [2.75, 3.05) is 5.32 Å². The molecule has 0 aliphatic carbocycles. The molecule has 3 nitrogen and oxygen atoms in total. The van der Waals surface area contributed by atoms with Gasteiger partial charge >= 0.3 is 0 Å². The van der Waals surface area contributed by atoms with E-state index in [9.17, 15) is 0 Å². The van der Waals surface area contributed by atoms with Gasteiger partial charge in [-0.25, -0.2) is 0 Å². The lowest BCUT2D eigenvalue weighted by molar-refractivity contribution is 0.551. The molecule has 2 aromatic heterocycles. The van der Waals surface area contributed by atoms with Crippen LogP contribution >= 0.6 is 0 Å². The highest BCUT2D eigenvalue weighted by Gasteiger charge is 2.11. The molecule has 0 unspecified atom stereocenters. The van der Waals surface area contributed by atoms with Gasteiger partial charge in [-0.2, -0.15) is 0 Å². The maximum absolute atomic E-state index is 5.90.